The smallest absolute Gasteiger partial charge is 0.341 e. The Morgan fingerprint density at radius 2 is 2.04 bits per heavy atom. The lowest BCUT2D eigenvalue weighted by Crippen LogP contribution is -2.08. The van der Waals surface area contributed by atoms with Crippen molar-refractivity contribution in [3.8, 4) is 5.69 Å². The molecule has 7 nitrogen and oxygen atoms in total. The van der Waals surface area contributed by atoms with Crippen LogP contribution in [-0.4, -0.2) is 37.9 Å². The number of para-hydroxylation sites is 1. The number of nitrogens with zero attached hydrogens (tertiary/aromatic N) is 5. The molecule has 0 bridgehead atoms. The third kappa shape index (κ3) is 2.38. The van der Waals surface area contributed by atoms with Crippen molar-refractivity contribution in [3.63, 3.8) is 0 Å². The Bertz CT molecular complexity index is 884. The Morgan fingerprint density at radius 3 is 2.71 bits per heavy atom. The standard InChI is InChI=1S/C17H17N5O2/c1-21-10-15(19-20-21)12-8-13(12)16-14(17(23)24-2)9-18-22(16)11-6-4-3-5-7-11/h3-7,9-10,12-13H,8H2,1-2H3. The first-order chi connectivity index (χ1) is 11.7. The van der Waals surface area contributed by atoms with Crippen molar-refractivity contribution in [2.75, 3.05) is 7.11 Å². The largest absolute Gasteiger partial charge is 0.465 e. The average molecular weight is 323 g/mol. The number of carbonyl (C=O) groups is 1. The van der Waals surface area contributed by atoms with Crippen LogP contribution in [0.25, 0.3) is 5.69 Å². The van der Waals surface area contributed by atoms with E-state index in [1.807, 2.05) is 48.3 Å². The van der Waals surface area contributed by atoms with E-state index < -0.39 is 0 Å². The second-order valence-corrected chi connectivity index (χ2v) is 5.95. The van der Waals surface area contributed by atoms with E-state index in [1.165, 1.54) is 7.11 Å². The van der Waals surface area contributed by atoms with Gasteiger partial charge in [0.2, 0.25) is 0 Å². The lowest BCUT2D eigenvalue weighted by atomic mass is 10.1. The number of benzene rings is 1. The molecule has 3 aromatic rings. The fourth-order valence-corrected chi connectivity index (χ4v) is 3.12. The SMILES string of the molecule is COC(=O)c1cnn(-c2ccccc2)c1C1CC1c1cn(C)nn1. The molecule has 4 rings (SSSR count). The summed E-state index contributed by atoms with van der Waals surface area (Å²) < 4.78 is 8.45. The van der Waals surface area contributed by atoms with E-state index in [9.17, 15) is 4.79 Å². The zero-order valence-electron chi connectivity index (χ0n) is 13.5. The van der Waals surface area contributed by atoms with Crippen molar-refractivity contribution in [1.29, 1.82) is 0 Å². The van der Waals surface area contributed by atoms with Crippen molar-refractivity contribution < 1.29 is 9.53 Å². The van der Waals surface area contributed by atoms with Crippen LogP contribution in [0.1, 0.15) is 40.0 Å². The summed E-state index contributed by atoms with van der Waals surface area (Å²) in [5.41, 5.74) is 3.26. The first kappa shape index (κ1) is 14.6. The quantitative estimate of drug-likeness (QED) is 0.687. The number of methoxy groups -OCH3 is 1. The maximum Gasteiger partial charge on any atom is 0.341 e. The van der Waals surface area contributed by atoms with Gasteiger partial charge in [0.05, 0.1) is 30.4 Å². The molecular formula is C17H17N5O2. The minimum absolute atomic E-state index is 0.179. The van der Waals surface area contributed by atoms with Crippen molar-refractivity contribution in [3.05, 3.63) is 59.7 Å². The number of aromatic nitrogens is 5. The van der Waals surface area contributed by atoms with Crippen LogP contribution in [0.5, 0.6) is 0 Å². The molecule has 0 spiro atoms. The van der Waals surface area contributed by atoms with E-state index in [4.69, 9.17) is 4.74 Å². The zero-order valence-corrected chi connectivity index (χ0v) is 13.5. The van der Waals surface area contributed by atoms with Gasteiger partial charge >= 0.3 is 5.97 Å². The normalized spacial score (nSPS) is 19.2. The minimum Gasteiger partial charge on any atom is -0.465 e. The molecular weight excluding hydrogens is 306 g/mol. The number of ether oxygens (including phenoxy) is 1. The van der Waals surface area contributed by atoms with Gasteiger partial charge in [-0.2, -0.15) is 5.10 Å². The highest BCUT2D eigenvalue weighted by molar-refractivity contribution is 5.91. The summed E-state index contributed by atoms with van der Waals surface area (Å²) in [6, 6.07) is 9.79. The van der Waals surface area contributed by atoms with Crippen LogP contribution in [0.2, 0.25) is 0 Å². The van der Waals surface area contributed by atoms with Gasteiger partial charge < -0.3 is 4.74 Å². The van der Waals surface area contributed by atoms with Gasteiger partial charge in [0, 0.05) is 25.1 Å². The van der Waals surface area contributed by atoms with E-state index in [2.05, 4.69) is 15.4 Å². The molecule has 24 heavy (non-hydrogen) atoms. The van der Waals surface area contributed by atoms with Crippen molar-refractivity contribution in [2.24, 2.45) is 7.05 Å². The lowest BCUT2D eigenvalue weighted by Gasteiger charge is -2.08. The Balaban J connectivity index is 1.76. The van der Waals surface area contributed by atoms with Crippen molar-refractivity contribution in [1.82, 2.24) is 24.8 Å². The fraction of sp³-hybridized carbons (Fsp3) is 0.294. The Labute approximate surface area is 138 Å². The number of hydrogen-bond donors (Lipinski definition) is 0. The number of aryl methyl sites for hydroxylation is 1. The van der Waals surface area contributed by atoms with Gasteiger partial charge in [-0.15, -0.1) is 5.10 Å². The van der Waals surface area contributed by atoms with E-state index in [-0.39, 0.29) is 17.8 Å². The van der Waals surface area contributed by atoms with Gasteiger partial charge in [0.25, 0.3) is 0 Å². The molecule has 7 heteroatoms. The molecule has 1 aliphatic carbocycles. The number of esters is 1. The van der Waals surface area contributed by atoms with Crippen molar-refractivity contribution in [2.45, 2.75) is 18.3 Å². The minimum atomic E-state index is -0.364. The van der Waals surface area contributed by atoms with E-state index in [1.54, 1.807) is 10.9 Å². The first-order valence-electron chi connectivity index (χ1n) is 7.77. The molecule has 1 fully saturated rings. The summed E-state index contributed by atoms with van der Waals surface area (Å²) in [5.74, 6) is 0.0664. The molecule has 0 amide bonds. The molecule has 2 aromatic heterocycles. The molecule has 2 unspecified atom stereocenters. The number of carbonyl (C=O) groups excluding carboxylic acids is 1. The maximum atomic E-state index is 12.2. The van der Waals surface area contributed by atoms with Crippen LogP contribution in [0.15, 0.2) is 42.7 Å². The average Bonchev–Trinajstić information content (AvgIpc) is 3.07. The predicted octanol–water partition coefficient (Wildman–Crippen LogP) is 2.06. The molecule has 1 aromatic carbocycles. The third-order valence-electron chi connectivity index (χ3n) is 4.35. The van der Waals surface area contributed by atoms with E-state index in [0.29, 0.717) is 5.56 Å². The molecule has 2 atom stereocenters. The molecule has 0 saturated heterocycles. The van der Waals surface area contributed by atoms with Gasteiger partial charge in [-0.05, 0) is 18.6 Å². The number of rotatable bonds is 4. The summed E-state index contributed by atoms with van der Waals surface area (Å²) in [4.78, 5) is 12.2. The molecule has 1 aliphatic rings. The monoisotopic (exact) mass is 323 g/mol. The second kappa shape index (κ2) is 5.59. The highest BCUT2D eigenvalue weighted by Gasteiger charge is 2.46. The van der Waals surface area contributed by atoms with Crippen LogP contribution < -0.4 is 0 Å². The molecule has 0 radical (unpaired) electrons. The Kier molecular flexibility index (Phi) is 3.41. The van der Waals surface area contributed by atoms with E-state index >= 15 is 0 Å². The lowest BCUT2D eigenvalue weighted by molar-refractivity contribution is 0.0599. The molecule has 0 aliphatic heterocycles. The van der Waals surface area contributed by atoms with Gasteiger partial charge in [-0.3, -0.25) is 4.68 Å². The fourth-order valence-electron chi connectivity index (χ4n) is 3.12. The summed E-state index contributed by atoms with van der Waals surface area (Å²) in [6.45, 7) is 0. The summed E-state index contributed by atoms with van der Waals surface area (Å²) >= 11 is 0. The highest BCUT2D eigenvalue weighted by atomic mass is 16.5. The van der Waals surface area contributed by atoms with Crippen molar-refractivity contribution >= 4 is 5.97 Å². The van der Waals surface area contributed by atoms with Crippen LogP contribution in [0, 0.1) is 0 Å². The molecule has 2 heterocycles. The Morgan fingerprint density at radius 1 is 1.25 bits per heavy atom. The van der Waals surface area contributed by atoms with Gasteiger partial charge in [0.1, 0.15) is 5.56 Å². The topological polar surface area (TPSA) is 74.8 Å². The van der Waals surface area contributed by atoms with Crippen LogP contribution in [-0.2, 0) is 11.8 Å². The highest BCUT2D eigenvalue weighted by Crippen LogP contribution is 2.55. The molecule has 122 valence electrons. The third-order valence-corrected chi connectivity index (χ3v) is 4.35. The summed E-state index contributed by atoms with van der Waals surface area (Å²) in [7, 11) is 3.24. The van der Waals surface area contributed by atoms with Gasteiger partial charge in [-0.25, -0.2) is 9.48 Å². The summed E-state index contributed by atoms with van der Waals surface area (Å²) in [5, 5.41) is 12.6. The zero-order chi connectivity index (χ0) is 16.7. The van der Waals surface area contributed by atoms with Crippen LogP contribution in [0.3, 0.4) is 0 Å². The predicted molar refractivity (Wildman–Crippen MR) is 86.0 cm³/mol. The van der Waals surface area contributed by atoms with Crippen LogP contribution >= 0.6 is 0 Å². The van der Waals surface area contributed by atoms with Gasteiger partial charge in [-0.1, -0.05) is 23.4 Å². The number of hydrogen-bond acceptors (Lipinski definition) is 5. The van der Waals surface area contributed by atoms with Gasteiger partial charge in [0.15, 0.2) is 0 Å². The molecule has 0 N–H and O–H groups in total. The summed E-state index contributed by atoms with van der Waals surface area (Å²) in [6.07, 6.45) is 4.42. The second-order valence-electron chi connectivity index (χ2n) is 5.95. The van der Waals surface area contributed by atoms with E-state index in [0.717, 1.165) is 23.5 Å². The Hall–Kier alpha value is -2.96. The van der Waals surface area contributed by atoms with Crippen LogP contribution in [0.4, 0.5) is 0 Å². The first-order valence-corrected chi connectivity index (χ1v) is 7.77. The molecule has 1 saturated carbocycles. The maximum absolute atomic E-state index is 12.2.